The molecule has 4 aliphatic rings. The van der Waals surface area contributed by atoms with Gasteiger partial charge in [0.2, 0.25) is 5.92 Å². The van der Waals surface area contributed by atoms with Gasteiger partial charge in [-0.2, -0.15) is 10.2 Å². The average Bonchev–Trinajstić information content (AvgIpc) is 3.13. The van der Waals surface area contributed by atoms with E-state index in [0.717, 1.165) is 85.4 Å². The Morgan fingerprint density at radius 3 is 2.40 bits per heavy atom. The number of rotatable bonds is 8. The van der Waals surface area contributed by atoms with E-state index in [1.54, 1.807) is 6.08 Å². The first-order valence-corrected chi connectivity index (χ1v) is 19.2. The summed E-state index contributed by atoms with van der Waals surface area (Å²) in [5, 5.41) is 8.84. The molecule has 8 heteroatoms. The van der Waals surface area contributed by atoms with Crippen LogP contribution in [-0.2, 0) is 11.2 Å². The third-order valence-electron chi connectivity index (χ3n) is 11.3. The van der Waals surface area contributed by atoms with Crippen molar-refractivity contribution in [1.82, 2.24) is 15.1 Å². The molecule has 0 bridgehead atoms. The summed E-state index contributed by atoms with van der Waals surface area (Å²) in [6.45, 7) is 6.07. The molecule has 1 aromatic heterocycles. The van der Waals surface area contributed by atoms with E-state index in [2.05, 4.69) is 59.3 Å². The summed E-state index contributed by atoms with van der Waals surface area (Å²) in [6, 6.07) is 16.4. The van der Waals surface area contributed by atoms with E-state index in [0.29, 0.717) is 42.6 Å². The fourth-order valence-electron chi connectivity index (χ4n) is 8.05. The molecule has 1 saturated heterocycles. The van der Waals surface area contributed by atoms with E-state index in [-0.39, 0.29) is 30.6 Å². The molecule has 3 aromatic rings. The highest BCUT2D eigenvalue weighted by Gasteiger charge is 2.38. The van der Waals surface area contributed by atoms with Crippen LogP contribution in [-0.4, -0.2) is 51.6 Å². The molecule has 2 aliphatic carbocycles. The summed E-state index contributed by atoms with van der Waals surface area (Å²) in [5.74, 6) is -0.415. The Morgan fingerprint density at radius 1 is 0.885 bits per heavy atom. The predicted molar refractivity (Wildman–Crippen MR) is 205 cm³/mol. The largest absolute Gasteiger partial charge is 0.457 e. The van der Waals surface area contributed by atoms with Crippen molar-refractivity contribution in [3.63, 3.8) is 0 Å². The van der Waals surface area contributed by atoms with Crippen LogP contribution < -0.4 is 4.74 Å². The number of alkyl halides is 2. The summed E-state index contributed by atoms with van der Waals surface area (Å²) in [7, 11) is 0. The van der Waals surface area contributed by atoms with Gasteiger partial charge < -0.3 is 9.64 Å². The monoisotopic (exact) mass is 704 g/mol. The first-order valence-electron chi connectivity index (χ1n) is 19.2. The van der Waals surface area contributed by atoms with Crippen molar-refractivity contribution in [3.05, 3.63) is 95.7 Å². The average molecular weight is 705 g/mol. The number of hydrogen-bond acceptors (Lipinski definition) is 6. The van der Waals surface area contributed by atoms with Crippen molar-refractivity contribution in [2.75, 3.05) is 13.1 Å². The Bertz CT molecular complexity index is 1830. The zero-order valence-corrected chi connectivity index (χ0v) is 30.4. The van der Waals surface area contributed by atoms with Gasteiger partial charge in [-0.15, -0.1) is 0 Å². The van der Waals surface area contributed by atoms with Gasteiger partial charge in [0, 0.05) is 47.7 Å². The highest BCUT2D eigenvalue weighted by Crippen LogP contribution is 2.40. The quantitative estimate of drug-likeness (QED) is 0.233. The molecule has 0 radical (unpaired) electrons. The number of aromatic nitrogens is 2. The standard InChI is InChI=1S/C44H50F2N4O2/c1-30(2)38-17-18-40(49-48-38)31-13-15-37(16-14-31)52-43-29-41-33(27-35(43)28-34-10-5-3-4-6-12-42(34)51)9-7-8-11-39(47-41)32-21-25-50(26-22-32)36-19-23-44(45,46)24-20-36/h3-4,6-7,9,12-18,27,29-30,32,34,36H,5,8,10-11,19-26,28H2,1-2H3. The Morgan fingerprint density at radius 2 is 1.67 bits per heavy atom. The fourth-order valence-corrected chi connectivity index (χ4v) is 8.05. The summed E-state index contributed by atoms with van der Waals surface area (Å²) in [6.07, 6.45) is 19.2. The number of fused-ring (bicyclic) bond motifs is 1. The highest BCUT2D eigenvalue weighted by molar-refractivity contribution is 5.93. The van der Waals surface area contributed by atoms with Crippen LogP contribution in [0.5, 0.6) is 11.5 Å². The molecule has 7 rings (SSSR count). The minimum atomic E-state index is -2.50. The lowest BCUT2D eigenvalue weighted by Crippen LogP contribution is -2.45. The second-order valence-corrected chi connectivity index (χ2v) is 15.3. The number of piperidine rings is 1. The molecule has 2 fully saturated rings. The zero-order valence-electron chi connectivity index (χ0n) is 30.4. The summed E-state index contributed by atoms with van der Waals surface area (Å²) < 4.78 is 34.3. The van der Waals surface area contributed by atoms with Crippen LogP contribution in [0.2, 0.25) is 0 Å². The SMILES string of the molecule is CC(C)c1ccc(-c2ccc(Oc3cc4c(cc3CC3CCC=CC=CC3=O)C=CCCC(C3CCN(C5CCC(F)(F)CC5)CC3)=N4)cc2)nn1. The van der Waals surface area contributed by atoms with Gasteiger partial charge in [0.15, 0.2) is 5.78 Å². The Labute approximate surface area is 306 Å². The number of likely N-dealkylation sites (tertiary alicyclic amines) is 1. The van der Waals surface area contributed by atoms with E-state index in [1.165, 1.54) is 5.71 Å². The second-order valence-electron chi connectivity index (χ2n) is 15.3. The van der Waals surface area contributed by atoms with Crippen LogP contribution in [0.1, 0.15) is 101 Å². The van der Waals surface area contributed by atoms with Gasteiger partial charge in [0.05, 0.1) is 17.1 Å². The number of ether oxygens (including phenoxy) is 1. The maximum atomic E-state index is 13.8. The van der Waals surface area contributed by atoms with Crippen molar-refractivity contribution in [2.45, 2.75) is 102 Å². The maximum absolute atomic E-state index is 13.8. The van der Waals surface area contributed by atoms with Crippen molar-refractivity contribution in [1.29, 1.82) is 0 Å². The molecule has 272 valence electrons. The predicted octanol–water partition coefficient (Wildman–Crippen LogP) is 10.9. The van der Waals surface area contributed by atoms with Gasteiger partial charge in [0.25, 0.3) is 0 Å². The molecular formula is C44H50F2N4O2. The molecule has 1 saturated carbocycles. The Hall–Kier alpha value is -4.30. The molecule has 1 atom stereocenters. The number of halogens is 2. The third-order valence-corrected chi connectivity index (χ3v) is 11.3. The van der Waals surface area contributed by atoms with Crippen molar-refractivity contribution < 1.29 is 18.3 Å². The van der Waals surface area contributed by atoms with E-state index in [4.69, 9.17) is 9.73 Å². The molecule has 1 unspecified atom stereocenters. The number of carbonyl (C=O) groups excluding carboxylic acids is 1. The van der Waals surface area contributed by atoms with Crippen LogP contribution in [0, 0.1) is 11.8 Å². The van der Waals surface area contributed by atoms with E-state index >= 15 is 0 Å². The molecule has 52 heavy (non-hydrogen) atoms. The lowest BCUT2D eigenvalue weighted by molar-refractivity contribution is -0.118. The molecule has 2 aromatic carbocycles. The third kappa shape index (κ3) is 8.83. The van der Waals surface area contributed by atoms with Gasteiger partial charge in [-0.25, -0.2) is 8.78 Å². The summed E-state index contributed by atoms with van der Waals surface area (Å²) >= 11 is 0. The lowest BCUT2D eigenvalue weighted by Gasteiger charge is -2.41. The lowest BCUT2D eigenvalue weighted by atomic mass is 9.85. The van der Waals surface area contributed by atoms with Gasteiger partial charge in [-0.05, 0) is 137 Å². The van der Waals surface area contributed by atoms with E-state index in [9.17, 15) is 13.6 Å². The number of ketones is 1. The first kappa shape index (κ1) is 36.1. The van der Waals surface area contributed by atoms with Crippen LogP contribution in [0.3, 0.4) is 0 Å². The van der Waals surface area contributed by atoms with Crippen LogP contribution in [0.4, 0.5) is 14.5 Å². The van der Waals surface area contributed by atoms with Crippen LogP contribution in [0.15, 0.2) is 83.9 Å². The van der Waals surface area contributed by atoms with Crippen LogP contribution >= 0.6 is 0 Å². The highest BCUT2D eigenvalue weighted by atomic mass is 19.3. The zero-order chi connectivity index (χ0) is 36.1. The van der Waals surface area contributed by atoms with Crippen molar-refractivity contribution in [2.24, 2.45) is 16.8 Å². The Balaban J connectivity index is 1.14. The first-order chi connectivity index (χ1) is 25.2. The topological polar surface area (TPSA) is 67.7 Å². The summed E-state index contributed by atoms with van der Waals surface area (Å²) in [4.78, 5) is 21.0. The minimum Gasteiger partial charge on any atom is -0.457 e. The summed E-state index contributed by atoms with van der Waals surface area (Å²) in [5.41, 5.74) is 6.84. The fraction of sp³-hybridized carbons (Fsp3) is 0.455. The van der Waals surface area contributed by atoms with E-state index < -0.39 is 5.92 Å². The smallest absolute Gasteiger partial charge is 0.248 e. The second kappa shape index (κ2) is 16.2. The molecule has 3 heterocycles. The normalized spacial score (nSPS) is 21.6. The molecular weight excluding hydrogens is 655 g/mol. The van der Waals surface area contributed by atoms with Gasteiger partial charge in [0.1, 0.15) is 11.5 Å². The van der Waals surface area contributed by atoms with Gasteiger partial charge in [-0.3, -0.25) is 9.79 Å². The van der Waals surface area contributed by atoms with Gasteiger partial charge >= 0.3 is 0 Å². The van der Waals surface area contributed by atoms with Crippen molar-refractivity contribution in [3.8, 4) is 22.8 Å². The number of nitrogens with zero attached hydrogens (tertiary/aromatic N) is 4. The molecule has 0 spiro atoms. The number of hydrogen-bond donors (Lipinski definition) is 0. The number of benzene rings is 2. The Kier molecular flexibility index (Phi) is 11.2. The van der Waals surface area contributed by atoms with Crippen LogP contribution in [0.25, 0.3) is 17.3 Å². The molecule has 6 nitrogen and oxygen atoms in total. The molecule has 0 amide bonds. The molecule has 2 aliphatic heterocycles. The van der Waals surface area contributed by atoms with Crippen molar-refractivity contribution >= 4 is 23.3 Å². The number of carbonyl (C=O) groups is 1. The van der Waals surface area contributed by atoms with Gasteiger partial charge in [-0.1, -0.05) is 44.2 Å². The number of aliphatic imine (C=N–C) groups is 1. The minimum absolute atomic E-state index is 0.00747. The van der Waals surface area contributed by atoms with E-state index in [1.807, 2.05) is 48.6 Å². The number of allylic oxidation sites excluding steroid dienone is 5. The maximum Gasteiger partial charge on any atom is 0.248 e. The molecule has 0 N–H and O–H groups in total.